The van der Waals surface area contributed by atoms with Gasteiger partial charge in [0.05, 0.1) is 22.3 Å². The van der Waals surface area contributed by atoms with Gasteiger partial charge in [0, 0.05) is 12.4 Å². The van der Waals surface area contributed by atoms with Gasteiger partial charge in [-0.1, -0.05) is 0 Å². The van der Waals surface area contributed by atoms with Crippen LogP contribution in [0.2, 0.25) is 0 Å². The number of hydrogen-bond donors (Lipinski definition) is 2. The molecular weight excluding hydrogens is 288 g/mol. The van der Waals surface area contributed by atoms with Gasteiger partial charge in [-0.15, -0.1) is 0 Å². The van der Waals surface area contributed by atoms with E-state index >= 15 is 0 Å². The van der Waals surface area contributed by atoms with Gasteiger partial charge in [0.1, 0.15) is 11.9 Å². The lowest BCUT2D eigenvalue weighted by Crippen LogP contribution is -2.22. The van der Waals surface area contributed by atoms with E-state index < -0.39 is 11.0 Å². The highest BCUT2D eigenvalue weighted by Crippen LogP contribution is 2.22. The predicted molar refractivity (Wildman–Crippen MR) is 80.8 cm³/mol. The van der Waals surface area contributed by atoms with Crippen molar-refractivity contribution in [3.8, 4) is 0 Å². The molecule has 0 saturated carbocycles. The Bertz CT molecular complexity index is 704. The van der Waals surface area contributed by atoms with Gasteiger partial charge in [-0.2, -0.15) is 5.10 Å². The molecule has 2 rings (SSSR count). The molecule has 0 unspecified atom stereocenters. The Labute approximate surface area is 126 Å². The molecule has 0 fully saturated rings. The monoisotopic (exact) mass is 304 g/mol. The smallest absolute Gasteiger partial charge is 0.305 e. The molecule has 2 N–H and O–H groups in total. The van der Waals surface area contributed by atoms with Crippen molar-refractivity contribution in [1.29, 1.82) is 0 Å². The van der Waals surface area contributed by atoms with Crippen LogP contribution in [-0.4, -0.2) is 25.7 Å². The van der Waals surface area contributed by atoms with Crippen LogP contribution in [0.15, 0.2) is 30.9 Å². The molecule has 0 aromatic carbocycles. The summed E-state index contributed by atoms with van der Waals surface area (Å²) in [6.45, 7) is 5.93. The van der Waals surface area contributed by atoms with E-state index in [4.69, 9.17) is 0 Å². The summed E-state index contributed by atoms with van der Waals surface area (Å²) < 4.78 is 1.71. The van der Waals surface area contributed by atoms with Gasteiger partial charge in [-0.05, 0) is 26.8 Å². The second kappa shape index (κ2) is 5.80. The van der Waals surface area contributed by atoms with Crippen LogP contribution < -0.4 is 10.6 Å². The quantitative estimate of drug-likeness (QED) is 0.668. The van der Waals surface area contributed by atoms with Crippen LogP contribution in [0.4, 0.5) is 21.9 Å². The zero-order valence-electron chi connectivity index (χ0n) is 12.4. The molecule has 116 valence electrons. The fourth-order valence-corrected chi connectivity index (χ4v) is 1.68. The largest absolute Gasteiger partial charge is 0.323 e. The first kappa shape index (κ1) is 15.4. The summed E-state index contributed by atoms with van der Waals surface area (Å²) in [5.41, 5.74) is 0.0770. The lowest BCUT2D eigenvalue weighted by Gasteiger charge is -2.18. The zero-order valence-corrected chi connectivity index (χ0v) is 12.4. The summed E-state index contributed by atoms with van der Waals surface area (Å²) in [4.78, 5) is 25.8. The summed E-state index contributed by atoms with van der Waals surface area (Å²) in [6.07, 6.45) is 5.62. The molecule has 2 amide bonds. The molecule has 0 saturated heterocycles. The summed E-state index contributed by atoms with van der Waals surface area (Å²) >= 11 is 0. The minimum absolute atomic E-state index is 0.0701. The molecule has 0 aliphatic carbocycles. The molecule has 0 bridgehead atoms. The Morgan fingerprint density at radius 3 is 2.64 bits per heavy atom. The number of urea groups is 1. The average molecular weight is 304 g/mol. The van der Waals surface area contributed by atoms with E-state index in [-0.39, 0.29) is 16.9 Å². The van der Waals surface area contributed by atoms with Crippen LogP contribution in [0, 0.1) is 10.1 Å². The van der Waals surface area contributed by atoms with Crippen molar-refractivity contribution < 1.29 is 9.72 Å². The maximum absolute atomic E-state index is 11.9. The SMILES string of the molecule is CC(C)(C)n1cc(NC(=O)Nc2ccncc2[N+](=O)[O-])cn1. The maximum Gasteiger partial charge on any atom is 0.323 e. The molecular formula is C13H16N6O3. The van der Waals surface area contributed by atoms with Gasteiger partial charge in [-0.25, -0.2) is 4.79 Å². The van der Waals surface area contributed by atoms with Gasteiger partial charge in [0.2, 0.25) is 0 Å². The van der Waals surface area contributed by atoms with E-state index in [2.05, 4.69) is 20.7 Å². The Morgan fingerprint density at radius 1 is 1.32 bits per heavy atom. The Hall–Kier alpha value is -2.97. The van der Waals surface area contributed by atoms with E-state index in [9.17, 15) is 14.9 Å². The third-order valence-corrected chi connectivity index (χ3v) is 2.77. The van der Waals surface area contributed by atoms with Crippen LogP contribution in [0.5, 0.6) is 0 Å². The molecule has 2 aromatic heterocycles. The third kappa shape index (κ3) is 3.57. The maximum atomic E-state index is 11.9. The third-order valence-electron chi connectivity index (χ3n) is 2.77. The second-order valence-electron chi connectivity index (χ2n) is 5.57. The summed E-state index contributed by atoms with van der Waals surface area (Å²) in [5.74, 6) is 0. The van der Waals surface area contributed by atoms with E-state index in [0.29, 0.717) is 5.69 Å². The molecule has 0 atom stereocenters. The lowest BCUT2D eigenvalue weighted by molar-refractivity contribution is -0.384. The van der Waals surface area contributed by atoms with Gasteiger partial charge < -0.3 is 10.6 Å². The summed E-state index contributed by atoms with van der Waals surface area (Å²) in [6, 6.07) is 0.763. The average Bonchev–Trinajstić information content (AvgIpc) is 2.87. The fraction of sp³-hybridized carbons (Fsp3) is 0.308. The van der Waals surface area contributed by atoms with Crippen molar-refractivity contribution in [1.82, 2.24) is 14.8 Å². The summed E-state index contributed by atoms with van der Waals surface area (Å²) in [7, 11) is 0. The van der Waals surface area contributed by atoms with Crippen LogP contribution in [0.25, 0.3) is 0 Å². The van der Waals surface area contributed by atoms with Crippen molar-refractivity contribution in [2.45, 2.75) is 26.3 Å². The van der Waals surface area contributed by atoms with Crippen molar-refractivity contribution in [3.05, 3.63) is 41.0 Å². The number of nitrogens with zero attached hydrogens (tertiary/aromatic N) is 4. The van der Waals surface area contributed by atoms with E-state index in [1.54, 1.807) is 10.9 Å². The number of anilines is 2. The number of carbonyl (C=O) groups is 1. The minimum Gasteiger partial charge on any atom is -0.305 e. The van der Waals surface area contributed by atoms with Crippen molar-refractivity contribution in [3.63, 3.8) is 0 Å². The van der Waals surface area contributed by atoms with E-state index in [0.717, 1.165) is 6.20 Å². The predicted octanol–water partition coefficient (Wildman–Crippen LogP) is 2.59. The standard InChI is InChI=1S/C13H16N6O3/c1-13(2,3)18-8-9(6-15-18)16-12(20)17-10-4-5-14-7-11(10)19(21)22/h4-8H,1-3H3,(H2,14,16,17,20). The fourth-order valence-electron chi connectivity index (χ4n) is 1.68. The number of nitro groups is 1. The first-order valence-corrected chi connectivity index (χ1v) is 6.49. The van der Waals surface area contributed by atoms with Crippen LogP contribution in [0.1, 0.15) is 20.8 Å². The molecule has 2 heterocycles. The summed E-state index contributed by atoms with van der Waals surface area (Å²) in [5, 5.41) is 20.0. The second-order valence-corrected chi connectivity index (χ2v) is 5.57. The number of carbonyl (C=O) groups excluding carboxylic acids is 1. The lowest BCUT2D eigenvalue weighted by atomic mass is 10.1. The molecule has 0 aliphatic rings. The van der Waals surface area contributed by atoms with E-state index in [1.807, 2.05) is 20.8 Å². The van der Waals surface area contributed by atoms with Crippen LogP contribution in [0.3, 0.4) is 0 Å². The highest BCUT2D eigenvalue weighted by molar-refractivity contribution is 6.00. The zero-order chi connectivity index (χ0) is 16.3. The Kier molecular flexibility index (Phi) is 4.06. The molecule has 0 radical (unpaired) electrons. The van der Waals surface area contributed by atoms with Crippen molar-refractivity contribution in [2.75, 3.05) is 10.6 Å². The van der Waals surface area contributed by atoms with E-state index in [1.165, 1.54) is 18.5 Å². The number of nitrogens with one attached hydrogen (secondary N) is 2. The van der Waals surface area contributed by atoms with Crippen molar-refractivity contribution in [2.24, 2.45) is 0 Å². The number of rotatable bonds is 3. The van der Waals surface area contributed by atoms with Crippen molar-refractivity contribution >= 4 is 23.1 Å². The molecule has 0 spiro atoms. The topological polar surface area (TPSA) is 115 Å². The normalized spacial score (nSPS) is 11.0. The number of aromatic nitrogens is 3. The Morgan fingerprint density at radius 2 is 2.05 bits per heavy atom. The first-order valence-electron chi connectivity index (χ1n) is 6.49. The number of hydrogen-bond acceptors (Lipinski definition) is 5. The van der Waals surface area contributed by atoms with Gasteiger partial charge in [0.15, 0.2) is 0 Å². The minimum atomic E-state index is -0.611. The highest BCUT2D eigenvalue weighted by atomic mass is 16.6. The number of pyridine rings is 1. The molecule has 0 aliphatic heterocycles. The number of amides is 2. The first-order chi connectivity index (χ1) is 10.3. The molecule has 22 heavy (non-hydrogen) atoms. The highest BCUT2D eigenvalue weighted by Gasteiger charge is 2.17. The van der Waals surface area contributed by atoms with Gasteiger partial charge in [0.25, 0.3) is 0 Å². The van der Waals surface area contributed by atoms with Crippen LogP contribution >= 0.6 is 0 Å². The van der Waals surface area contributed by atoms with Crippen LogP contribution in [-0.2, 0) is 5.54 Å². The Balaban J connectivity index is 2.08. The molecule has 2 aromatic rings. The van der Waals surface area contributed by atoms with Gasteiger partial charge in [-0.3, -0.25) is 19.8 Å². The molecule has 9 heteroatoms. The van der Waals surface area contributed by atoms with Gasteiger partial charge >= 0.3 is 11.7 Å². The molecule has 9 nitrogen and oxygen atoms in total.